The van der Waals surface area contributed by atoms with Crippen LogP contribution < -0.4 is 0 Å². The number of likely N-dealkylation sites (tertiary alicyclic amines) is 1. The highest BCUT2D eigenvalue weighted by Gasteiger charge is 2.44. The van der Waals surface area contributed by atoms with Gasteiger partial charge in [0.1, 0.15) is 6.04 Å². The summed E-state index contributed by atoms with van der Waals surface area (Å²) in [6.07, 6.45) is 0.705. The van der Waals surface area contributed by atoms with Crippen molar-refractivity contribution in [1.82, 2.24) is 4.90 Å². The van der Waals surface area contributed by atoms with Gasteiger partial charge >= 0.3 is 5.97 Å². The van der Waals surface area contributed by atoms with Crippen molar-refractivity contribution in [3.8, 4) is 0 Å². The zero-order valence-corrected chi connectivity index (χ0v) is 18.4. The summed E-state index contributed by atoms with van der Waals surface area (Å²) in [6, 6.07) is 10.1. The Bertz CT molecular complexity index is 595. The van der Waals surface area contributed by atoms with E-state index < -0.39 is 8.32 Å². The van der Waals surface area contributed by atoms with Gasteiger partial charge in [0.15, 0.2) is 8.32 Å². The van der Waals surface area contributed by atoms with E-state index in [9.17, 15) is 4.79 Å². The predicted octanol–water partition coefficient (Wildman–Crippen LogP) is 4.60. The van der Waals surface area contributed by atoms with Crippen LogP contribution in [0.25, 0.3) is 0 Å². The van der Waals surface area contributed by atoms with Crippen molar-refractivity contribution >= 4 is 14.3 Å². The lowest BCUT2D eigenvalue weighted by Crippen LogP contribution is -2.44. The van der Waals surface area contributed by atoms with Gasteiger partial charge < -0.3 is 9.16 Å². The highest BCUT2D eigenvalue weighted by Crippen LogP contribution is 2.39. The standard InChI is InChI=1S/C21H35NO3Si/c1-16(2)24-20(23)19-13-18(25-26(6,7)21(3,4)5)15-22(19)14-17-11-9-8-10-12-17/h8-12,16,18-19H,13-15H2,1-7H3/t18-,19+/m1/s1. The first-order valence-corrected chi connectivity index (χ1v) is 12.6. The largest absolute Gasteiger partial charge is 0.462 e. The predicted molar refractivity (Wildman–Crippen MR) is 109 cm³/mol. The lowest BCUT2D eigenvalue weighted by molar-refractivity contribution is -0.153. The molecule has 26 heavy (non-hydrogen) atoms. The number of carbonyl (C=O) groups is 1. The smallest absolute Gasteiger partial charge is 0.323 e. The summed E-state index contributed by atoms with van der Waals surface area (Å²) < 4.78 is 12.1. The number of ether oxygens (including phenoxy) is 1. The fourth-order valence-corrected chi connectivity index (χ4v) is 4.45. The molecule has 1 fully saturated rings. The highest BCUT2D eigenvalue weighted by molar-refractivity contribution is 6.74. The summed E-state index contributed by atoms with van der Waals surface area (Å²) in [7, 11) is -1.87. The van der Waals surface area contributed by atoms with Crippen LogP contribution in [0.15, 0.2) is 30.3 Å². The Morgan fingerprint density at radius 3 is 2.38 bits per heavy atom. The third-order valence-corrected chi connectivity index (χ3v) is 10.0. The number of nitrogens with zero attached hydrogens (tertiary/aromatic N) is 1. The lowest BCUT2D eigenvalue weighted by atomic mass is 10.1. The van der Waals surface area contributed by atoms with Crippen LogP contribution in [0, 0.1) is 0 Å². The van der Waals surface area contributed by atoms with Gasteiger partial charge in [-0.25, -0.2) is 0 Å². The van der Waals surface area contributed by atoms with Gasteiger partial charge in [-0.05, 0) is 44.0 Å². The van der Waals surface area contributed by atoms with Crippen molar-refractivity contribution in [2.45, 2.75) is 84.0 Å². The maximum atomic E-state index is 12.7. The molecule has 0 bridgehead atoms. The molecular formula is C21H35NO3Si. The second kappa shape index (κ2) is 8.24. The van der Waals surface area contributed by atoms with E-state index in [4.69, 9.17) is 9.16 Å². The number of esters is 1. The first-order valence-electron chi connectivity index (χ1n) is 9.66. The SMILES string of the molecule is CC(C)OC(=O)[C@@H]1C[C@@H](O[Si](C)(C)C(C)(C)C)CN1Cc1ccccc1. The minimum absolute atomic E-state index is 0.0873. The average molecular weight is 378 g/mol. The van der Waals surface area contributed by atoms with Gasteiger partial charge in [-0.2, -0.15) is 0 Å². The molecule has 0 N–H and O–H groups in total. The van der Waals surface area contributed by atoms with Crippen LogP contribution in [0.2, 0.25) is 18.1 Å². The monoisotopic (exact) mass is 377 g/mol. The van der Waals surface area contributed by atoms with Crippen molar-refractivity contribution in [2.75, 3.05) is 6.54 Å². The molecule has 0 aliphatic carbocycles. The van der Waals surface area contributed by atoms with Crippen LogP contribution in [0.5, 0.6) is 0 Å². The van der Waals surface area contributed by atoms with E-state index >= 15 is 0 Å². The molecule has 0 aromatic heterocycles. The van der Waals surface area contributed by atoms with Gasteiger partial charge in [0.05, 0.1) is 12.2 Å². The topological polar surface area (TPSA) is 38.8 Å². The normalized spacial score (nSPS) is 22.0. The molecule has 1 saturated heterocycles. The summed E-state index contributed by atoms with van der Waals surface area (Å²) in [4.78, 5) is 14.9. The minimum Gasteiger partial charge on any atom is -0.462 e. The fourth-order valence-electron chi connectivity index (χ4n) is 3.09. The van der Waals surface area contributed by atoms with E-state index in [1.54, 1.807) is 0 Å². The maximum absolute atomic E-state index is 12.7. The molecule has 0 amide bonds. The minimum atomic E-state index is -1.87. The average Bonchev–Trinajstić information content (AvgIpc) is 2.88. The van der Waals surface area contributed by atoms with E-state index in [1.807, 2.05) is 32.0 Å². The summed E-state index contributed by atoms with van der Waals surface area (Å²) in [5, 5.41) is 0.161. The molecule has 0 unspecified atom stereocenters. The van der Waals surface area contributed by atoms with Gasteiger partial charge in [-0.1, -0.05) is 51.1 Å². The molecule has 1 heterocycles. The zero-order valence-electron chi connectivity index (χ0n) is 17.4. The Balaban J connectivity index is 2.13. The Kier molecular flexibility index (Phi) is 6.69. The van der Waals surface area contributed by atoms with Crippen LogP contribution in [0.3, 0.4) is 0 Å². The van der Waals surface area contributed by atoms with Crippen LogP contribution in [-0.2, 0) is 20.5 Å². The molecule has 2 atom stereocenters. The van der Waals surface area contributed by atoms with Crippen molar-refractivity contribution in [3.05, 3.63) is 35.9 Å². The molecule has 1 aliphatic rings. The number of rotatable bonds is 6. The fraction of sp³-hybridized carbons (Fsp3) is 0.667. The molecule has 1 aliphatic heterocycles. The number of benzene rings is 1. The second-order valence-corrected chi connectivity index (χ2v) is 13.9. The number of hydrogen-bond acceptors (Lipinski definition) is 4. The molecule has 146 valence electrons. The van der Waals surface area contributed by atoms with E-state index in [0.717, 1.165) is 13.1 Å². The zero-order chi connectivity index (χ0) is 19.5. The van der Waals surface area contributed by atoms with Crippen molar-refractivity contribution < 1.29 is 14.0 Å². The van der Waals surface area contributed by atoms with Gasteiger partial charge in [0, 0.05) is 13.1 Å². The van der Waals surface area contributed by atoms with Crippen molar-refractivity contribution in [2.24, 2.45) is 0 Å². The van der Waals surface area contributed by atoms with E-state index in [1.165, 1.54) is 5.56 Å². The van der Waals surface area contributed by atoms with Gasteiger partial charge in [-0.15, -0.1) is 0 Å². The van der Waals surface area contributed by atoms with Gasteiger partial charge in [0.2, 0.25) is 0 Å². The summed E-state index contributed by atoms with van der Waals surface area (Å²) >= 11 is 0. The van der Waals surface area contributed by atoms with E-state index in [-0.39, 0.29) is 29.3 Å². The molecule has 1 aromatic rings. The first kappa shape index (κ1) is 21.1. The second-order valence-electron chi connectivity index (χ2n) is 9.15. The van der Waals surface area contributed by atoms with Crippen LogP contribution in [-0.4, -0.2) is 44.0 Å². The van der Waals surface area contributed by atoms with E-state index in [0.29, 0.717) is 6.42 Å². The summed E-state index contributed by atoms with van der Waals surface area (Å²) in [5.41, 5.74) is 1.21. The number of hydrogen-bond donors (Lipinski definition) is 0. The Labute approximate surface area is 160 Å². The highest BCUT2D eigenvalue weighted by atomic mass is 28.4. The summed E-state index contributed by atoms with van der Waals surface area (Å²) in [5.74, 6) is -0.128. The van der Waals surface area contributed by atoms with Crippen LogP contribution in [0.1, 0.15) is 46.6 Å². The molecule has 1 aromatic carbocycles. The van der Waals surface area contributed by atoms with Gasteiger partial charge in [0.25, 0.3) is 0 Å². The summed E-state index contributed by atoms with van der Waals surface area (Å²) in [6.45, 7) is 16.6. The molecular weight excluding hydrogens is 342 g/mol. The molecule has 2 rings (SSSR count). The van der Waals surface area contributed by atoms with E-state index in [2.05, 4.69) is 50.9 Å². The quantitative estimate of drug-likeness (QED) is 0.536. The Hall–Kier alpha value is -1.17. The van der Waals surface area contributed by atoms with Crippen molar-refractivity contribution in [1.29, 1.82) is 0 Å². The third-order valence-electron chi connectivity index (χ3n) is 5.48. The molecule has 4 nitrogen and oxygen atoms in total. The molecule has 0 spiro atoms. The molecule has 5 heteroatoms. The van der Waals surface area contributed by atoms with Gasteiger partial charge in [-0.3, -0.25) is 9.69 Å². The molecule has 0 radical (unpaired) electrons. The maximum Gasteiger partial charge on any atom is 0.323 e. The van der Waals surface area contributed by atoms with Crippen LogP contribution in [0.4, 0.5) is 0 Å². The first-order chi connectivity index (χ1) is 12.0. The lowest BCUT2D eigenvalue weighted by Gasteiger charge is -2.38. The van der Waals surface area contributed by atoms with Crippen LogP contribution >= 0.6 is 0 Å². The van der Waals surface area contributed by atoms with Crippen molar-refractivity contribution in [3.63, 3.8) is 0 Å². The Morgan fingerprint density at radius 1 is 1.23 bits per heavy atom. The molecule has 0 saturated carbocycles. The third kappa shape index (κ3) is 5.41. The number of carbonyl (C=O) groups excluding carboxylic acids is 1. The Morgan fingerprint density at radius 2 is 1.85 bits per heavy atom.